The number of hydrogen-bond acceptors (Lipinski definition) is 3. The Balaban J connectivity index is 1.65. The van der Waals surface area contributed by atoms with Gasteiger partial charge in [0.05, 0.1) is 38.2 Å². The average molecular weight is 337 g/mol. The van der Waals surface area contributed by atoms with Crippen LogP contribution in [0.4, 0.5) is 0 Å². The summed E-state index contributed by atoms with van der Waals surface area (Å²) in [6.45, 7) is 3.86. The lowest BCUT2D eigenvalue weighted by atomic mass is 10.2. The van der Waals surface area contributed by atoms with Crippen LogP contribution in [0.3, 0.4) is 0 Å². The maximum Gasteiger partial charge on any atom is 0.258 e. The molecule has 1 aliphatic heterocycles. The van der Waals surface area contributed by atoms with Crippen LogP contribution in [0.1, 0.15) is 4.88 Å². The summed E-state index contributed by atoms with van der Waals surface area (Å²) in [5.41, 5.74) is 2.92. The number of amides is 1. The van der Waals surface area contributed by atoms with Crippen LogP contribution in [0.15, 0.2) is 30.3 Å². The van der Waals surface area contributed by atoms with Gasteiger partial charge in [-0.05, 0) is 12.1 Å². The van der Waals surface area contributed by atoms with Crippen LogP contribution in [0, 0.1) is 0 Å². The van der Waals surface area contributed by atoms with Gasteiger partial charge in [-0.3, -0.25) is 10.2 Å². The molecule has 1 aliphatic rings. The molecule has 3 rings (SSSR count). The summed E-state index contributed by atoms with van der Waals surface area (Å²) in [7, 11) is 2.17. The van der Waals surface area contributed by atoms with Crippen molar-refractivity contribution in [3.05, 3.63) is 40.2 Å². The Kier molecular flexibility index (Phi) is 4.78. The van der Waals surface area contributed by atoms with Gasteiger partial charge in [-0.2, -0.15) is 0 Å². The van der Waals surface area contributed by atoms with E-state index < -0.39 is 0 Å². The van der Waals surface area contributed by atoms with Crippen molar-refractivity contribution in [2.24, 2.45) is 0 Å². The molecule has 1 fully saturated rings. The number of thiophene rings is 1. The molecule has 22 heavy (non-hydrogen) atoms. The molecule has 0 saturated carbocycles. The topological polar surface area (TPSA) is 36.8 Å². The first-order chi connectivity index (χ1) is 10.6. The Morgan fingerprint density at radius 1 is 1.36 bits per heavy atom. The number of nitrogens with zero attached hydrogens (tertiary/aromatic N) is 1. The minimum atomic E-state index is -0.104. The second kappa shape index (κ2) is 6.79. The highest BCUT2D eigenvalue weighted by molar-refractivity contribution is 7.20. The number of halogens is 1. The van der Waals surface area contributed by atoms with E-state index in [1.165, 1.54) is 4.90 Å². The number of quaternary nitrogens is 1. The number of piperazine rings is 1. The normalized spacial score (nSPS) is 17.4. The molecule has 0 bridgehead atoms. The van der Waals surface area contributed by atoms with Gasteiger partial charge in [0.1, 0.15) is 0 Å². The van der Waals surface area contributed by atoms with Gasteiger partial charge in [-0.15, -0.1) is 11.3 Å². The summed E-state index contributed by atoms with van der Waals surface area (Å²) in [4.78, 5) is 14.4. The number of hydrazine groups is 1. The van der Waals surface area contributed by atoms with Crippen LogP contribution in [-0.4, -0.2) is 44.1 Å². The second-order valence-electron chi connectivity index (χ2n) is 5.53. The van der Waals surface area contributed by atoms with Gasteiger partial charge >= 0.3 is 0 Å². The van der Waals surface area contributed by atoms with E-state index >= 15 is 0 Å². The fraction of sp³-hybridized carbons (Fsp3) is 0.312. The smallest absolute Gasteiger partial charge is 0.258 e. The van der Waals surface area contributed by atoms with Crippen molar-refractivity contribution in [2.45, 2.75) is 0 Å². The zero-order valence-electron chi connectivity index (χ0n) is 12.4. The molecule has 1 amide bonds. The van der Waals surface area contributed by atoms with E-state index in [0.717, 1.165) is 41.1 Å². The standard InChI is InChI=1S/C16H18ClN3OS/c1-19-8-10-20(11-9-19)18-15(21)7-6-14-16(17)12-4-2-3-5-13(12)22-14/h2-7H,8-11H2,1H3,(H,18,21)/p+1/b7-6+. The van der Waals surface area contributed by atoms with E-state index in [2.05, 4.69) is 12.5 Å². The van der Waals surface area contributed by atoms with Crippen LogP contribution in [0.5, 0.6) is 0 Å². The molecule has 1 saturated heterocycles. The second-order valence-corrected chi connectivity index (χ2v) is 6.99. The van der Waals surface area contributed by atoms with Gasteiger partial charge in [-0.1, -0.05) is 29.8 Å². The predicted octanol–water partition coefficient (Wildman–Crippen LogP) is 1.43. The fourth-order valence-electron chi connectivity index (χ4n) is 2.48. The summed E-state index contributed by atoms with van der Waals surface area (Å²) in [5, 5.41) is 3.73. The Bertz CT molecular complexity index is 704. The molecule has 4 nitrogen and oxygen atoms in total. The van der Waals surface area contributed by atoms with Crippen molar-refractivity contribution in [2.75, 3.05) is 33.2 Å². The van der Waals surface area contributed by atoms with Crippen molar-refractivity contribution in [3.8, 4) is 0 Å². The Hall–Kier alpha value is -1.40. The van der Waals surface area contributed by atoms with Crippen LogP contribution in [0.2, 0.25) is 5.02 Å². The number of benzene rings is 1. The lowest BCUT2D eigenvalue weighted by Gasteiger charge is -2.29. The third-order valence-corrected chi connectivity index (χ3v) is 5.49. The molecule has 0 unspecified atom stereocenters. The predicted molar refractivity (Wildman–Crippen MR) is 92.2 cm³/mol. The largest absolute Gasteiger partial charge is 0.335 e. The summed E-state index contributed by atoms with van der Waals surface area (Å²) < 4.78 is 1.13. The third kappa shape index (κ3) is 3.50. The number of carbonyl (C=O) groups is 1. The maximum absolute atomic E-state index is 12.0. The Morgan fingerprint density at radius 3 is 2.82 bits per heavy atom. The van der Waals surface area contributed by atoms with Gasteiger partial charge in [0.25, 0.3) is 5.91 Å². The maximum atomic E-state index is 12.0. The molecule has 0 atom stereocenters. The summed E-state index contributed by atoms with van der Waals surface area (Å²) in [6.07, 6.45) is 3.35. The van der Waals surface area contributed by atoms with Gasteiger partial charge in [0.15, 0.2) is 0 Å². The third-order valence-electron chi connectivity index (χ3n) is 3.83. The molecule has 1 aromatic heterocycles. The minimum Gasteiger partial charge on any atom is -0.335 e. The molecular weight excluding hydrogens is 318 g/mol. The van der Waals surface area contributed by atoms with Crippen LogP contribution in [0.25, 0.3) is 16.2 Å². The lowest BCUT2D eigenvalue weighted by Crippen LogP contribution is -3.12. The zero-order chi connectivity index (χ0) is 15.5. The Labute approximate surface area is 138 Å². The molecular formula is C16H19ClN3OS+. The van der Waals surface area contributed by atoms with Gasteiger partial charge in [0, 0.05) is 21.0 Å². The number of fused-ring (bicyclic) bond motifs is 1. The van der Waals surface area contributed by atoms with Gasteiger partial charge < -0.3 is 4.90 Å². The van der Waals surface area contributed by atoms with E-state index in [9.17, 15) is 4.79 Å². The highest BCUT2D eigenvalue weighted by Gasteiger charge is 2.17. The van der Waals surface area contributed by atoms with E-state index in [-0.39, 0.29) is 5.91 Å². The van der Waals surface area contributed by atoms with Crippen molar-refractivity contribution in [3.63, 3.8) is 0 Å². The first kappa shape index (κ1) is 15.5. The van der Waals surface area contributed by atoms with Crippen LogP contribution >= 0.6 is 22.9 Å². The van der Waals surface area contributed by atoms with Crippen molar-refractivity contribution in [1.82, 2.24) is 10.4 Å². The quantitative estimate of drug-likeness (QED) is 0.832. The van der Waals surface area contributed by atoms with Crippen molar-refractivity contribution < 1.29 is 9.69 Å². The molecule has 1 aromatic carbocycles. The first-order valence-corrected chi connectivity index (χ1v) is 8.55. The van der Waals surface area contributed by atoms with Gasteiger partial charge in [0.2, 0.25) is 0 Å². The van der Waals surface area contributed by atoms with Crippen molar-refractivity contribution in [1.29, 1.82) is 0 Å². The average Bonchev–Trinajstić information content (AvgIpc) is 2.84. The monoisotopic (exact) mass is 336 g/mol. The molecule has 0 aliphatic carbocycles. The molecule has 0 radical (unpaired) electrons. The summed E-state index contributed by atoms with van der Waals surface area (Å²) >= 11 is 7.96. The summed E-state index contributed by atoms with van der Waals surface area (Å²) in [6, 6.07) is 8.00. The van der Waals surface area contributed by atoms with E-state index in [1.807, 2.05) is 29.3 Å². The molecule has 2 N–H and O–H groups in total. The number of likely N-dealkylation sites (N-methyl/N-ethyl adjacent to an activating group) is 1. The van der Waals surface area contributed by atoms with E-state index in [1.54, 1.807) is 23.5 Å². The molecule has 6 heteroatoms. The lowest BCUT2D eigenvalue weighted by molar-refractivity contribution is -0.884. The highest BCUT2D eigenvalue weighted by Crippen LogP contribution is 2.35. The van der Waals surface area contributed by atoms with E-state index in [0.29, 0.717) is 5.02 Å². The first-order valence-electron chi connectivity index (χ1n) is 7.35. The number of carbonyl (C=O) groups excluding carboxylic acids is 1. The highest BCUT2D eigenvalue weighted by atomic mass is 35.5. The SMILES string of the molecule is C[NH+]1CCN(NC(=O)/C=C/c2sc3ccccc3c2Cl)CC1. The van der Waals surface area contributed by atoms with Crippen LogP contribution in [-0.2, 0) is 4.79 Å². The zero-order valence-corrected chi connectivity index (χ0v) is 14.0. The number of nitrogens with one attached hydrogen (secondary N) is 2. The number of rotatable bonds is 3. The molecule has 116 valence electrons. The minimum absolute atomic E-state index is 0.104. The van der Waals surface area contributed by atoms with Crippen molar-refractivity contribution >= 4 is 45.0 Å². The molecule has 2 aromatic rings. The number of hydrogen-bond donors (Lipinski definition) is 2. The van der Waals surface area contributed by atoms with Gasteiger partial charge in [-0.25, -0.2) is 5.01 Å². The fourth-order valence-corrected chi connectivity index (χ4v) is 3.88. The summed E-state index contributed by atoms with van der Waals surface area (Å²) in [5.74, 6) is -0.104. The molecule has 2 heterocycles. The Morgan fingerprint density at radius 2 is 2.09 bits per heavy atom. The van der Waals surface area contributed by atoms with Crippen LogP contribution < -0.4 is 10.3 Å². The van der Waals surface area contributed by atoms with E-state index in [4.69, 9.17) is 11.6 Å². The molecule has 0 spiro atoms.